The highest BCUT2D eigenvalue weighted by atomic mass is 15.1. The molecule has 1 aliphatic rings. The summed E-state index contributed by atoms with van der Waals surface area (Å²) in [5.41, 5.74) is 12.2. The van der Waals surface area contributed by atoms with Gasteiger partial charge in [-0.2, -0.15) is 0 Å². The van der Waals surface area contributed by atoms with E-state index in [1.165, 1.54) is 54.8 Å². The fourth-order valence-corrected chi connectivity index (χ4v) is 7.01. The molecule has 7 aromatic carbocycles. The second-order valence-electron chi connectivity index (χ2n) is 10.9. The zero-order valence-electron chi connectivity index (χ0n) is 22.9. The second-order valence-corrected chi connectivity index (χ2v) is 10.9. The lowest BCUT2D eigenvalue weighted by Crippen LogP contribution is -2.10. The number of fused-ring (bicyclic) bond motifs is 3. The molecule has 2 heteroatoms. The summed E-state index contributed by atoms with van der Waals surface area (Å²) < 4.78 is 2.45. The first-order valence-corrected chi connectivity index (χ1v) is 14.5. The number of hydrogen-bond acceptors (Lipinski definition) is 1. The summed E-state index contributed by atoms with van der Waals surface area (Å²) >= 11 is 0. The second kappa shape index (κ2) is 8.95. The van der Waals surface area contributed by atoms with Gasteiger partial charge in [0.05, 0.1) is 16.7 Å². The molecule has 0 saturated heterocycles. The molecule has 2 nitrogen and oxygen atoms in total. The molecule has 8 aromatic rings. The number of hydrogen-bond donors (Lipinski definition) is 0. The summed E-state index contributed by atoms with van der Waals surface area (Å²) in [4.78, 5) is 2.41. The fraction of sp³-hybridized carbons (Fsp3) is 0. The van der Waals surface area contributed by atoms with E-state index in [0.717, 1.165) is 22.7 Å². The molecule has 0 aliphatic heterocycles. The lowest BCUT2D eigenvalue weighted by Gasteiger charge is -2.28. The first-order chi connectivity index (χ1) is 20.9. The Labute approximate surface area is 244 Å². The fourth-order valence-electron chi connectivity index (χ4n) is 7.01. The van der Waals surface area contributed by atoms with Gasteiger partial charge in [0.1, 0.15) is 0 Å². The Morgan fingerprint density at radius 1 is 0.381 bits per heavy atom. The van der Waals surface area contributed by atoms with Crippen molar-refractivity contribution in [2.24, 2.45) is 0 Å². The molecule has 0 spiro atoms. The van der Waals surface area contributed by atoms with Gasteiger partial charge in [-0.1, -0.05) is 109 Å². The maximum Gasteiger partial charge on any atom is 0.0568 e. The van der Waals surface area contributed by atoms with Crippen LogP contribution in [0.5, 0.6) is 0 Å². The number of aromatic nitrogens is 1. The lowest BCUT2D eigenvalue weighted by molar-refractivity contribution is 1.18. The molecule has 0 bridgehead atoms. The monoisotopic (exact) mass is 534 g/mol. The SMILES string of the molecule is c1ccc(N(c2ccccc2)c2cc3c4c5c(cccc25)-c2ccccc2-c2cccc(c24)n3-c2ccccc2)cc1. The maximum absolute atomic E-state index is 2.45. The van der Waals surface area contributed by atoms with E-state index in [-0.39, 0.29) is 0 Å². The van der Waals surface area contributed by atoms with Gasteiger partial charge in [-0.15, -0.1) is 0 Å². The Bertz CT molecular complexity index is 2240. The third kappa shape index (κ3) is 3.21. The van der Waals surface area contributed by atoms with Crippen LogP contribution in [0.25, 0.3) is 60.5 Å². The topological polar surface area (TPSA) is 8.17 Å². The Hall–Kier alpha value is -5.60. The predicted octanol–water partition coefficient (Wildman–Crippen LogP) is 11.1. The van der Waals surface area contributed by atoms with Gasteiger partial charge < -0.3 is 9.47 Å². The molecule has 0 unspecified atom stereocenters. The molecule has 1 heterocycles. The van der Waals surface area contributed by atoms with Crippen molar-refractivity contribution in [2.75, 3.05) is 4.90 Å². The Morgan fingerprint density at radius 2 is 0.905 bits per heavy atom. The first kappa shape index (κ1) is 23.1. The van der Waals surface area contributed by atoms with Crippen LogP contribution < -0.4 is 4.90 Å². The largest absolute Gasteiger partial charge is 0.310 e. The van der Waals surface area contributed by atoms with Crippen molar-refractivity contribution < 1.29 is 0 Å². The molecule has 1 aromatic heterocycles. The molecule has 0 atom stereocenters. The number of rotatable bonds is 4. The molecule has 0 amide bonds. The summed E-state index contributed by atoms with van der Waals surface area (Å²) in [5, 5.41) is 5.18. The summed E-state index contributed by atoms with van der Waals surface area (Å²) in [6, 6.07) is 57.1. The van der Waals surface area contributed by atoms with Crippen LogP contribution in [0.4, 0.5) is 17.1 Å². The van der Waals surface area contributed by atoms with Crippen molar-refractivity contribution in [1.29, 1.82) is 0 Å². The van der Waals surface area contributed by atoms with Crippen molar-refractivity contribution in [2.45, 2.75) is 0 Å². The molecule has 0 radical (unpaired) electrons. The molecule has 42 heavy (non-hydrogen) atoms. The number of para-hydroxylation sites is 3. The van der Waals surface area contributed by atoms with E-state index in [1.807, 2.05) is 0 Å². The zero-order chi connectivity index (χ0) is 27.6. The van der Waals surface area contributed by atoms with Gasteiger partial charge in [0, 0.05) is 38.6 Å². The van der Waals surface area contributed by atoms with Gasteiger partial charge in [-0.3, -0.25) is 0 Å². The van der Waals surface area contributed by atoms with Crippen molar-refractivity contribution in [3.63, 3.8) is 0 Å². The van der Waals surface area contributed by atoms with Crippen LogP contribution in [0.2, 0.25) is 0 Å². The average Bonchev–Trinajstić information content (AvgIpc) is 3.33. The van der Waals surface area contributed by atoms with Crippen molar-refractivity contribution in [3.05, 3.63) is 158 Å². The highest BCUT2D eigenvalue weighted by Crippen LogP contribution is 2.52. The number of anilines is 3. The van der Waals surface area contributed by atoms with E-state index in [4.69, 9.17) is 0 Å². The Kier molecular flexibility index (Phi) is 4.93. The molecule has 196 valence electrons. The summed E-state index contributed by atoms with van der Waals surface area (Å²) in [7, 11) is 0. The molecule has 0 saturated carbocycles. The van der Waals surface area contributed by atoms with Gasteiger partial charge >= 0.3 is 0 Å². The Balaban J connectivity index is 1.54. The zero-order valence-corrected chi connectivity index (χ0v) is 22.9. The maximum atomic E-state index is 2.45. The minimum atomic E-state index is 1.13. The molecule has 0 N–H and O–H groups in total. The smallest absolute Gasteiger partial charge is 0.0568 e. The van der Waals surface area contributed by atoms with Crippen molar-refractivity contribution in [3.8, 4) is 27.9 Å². The Morgan fingerprint density at radius 3 is 1.55 bits per heavy atom. The van der Waals surface area contributed by atoms with E-state index in [1.54, 1.807) is 0 Å². The minimum Gasteiger partial charge on any atom is -0.310 e. The van der Waals surface area contributed by atoms with Gasteiger partial charge in [-0.25, -0.2) is 0 Å². The normalized spacial score (nSPS) is 11.8. The number of nitrogens with zero attached hydrogens (tertiary/aromatic N) is 2. The average molecular weight is 535 g/mol. The van der Waals surface area contributed by atoms with Crippen LogP contribution in [-0.4, -0.2) is 4.57 Å². The number of benzene rings is 7. The third-order valence-electron chi connectivity index (χ3n) is 8.69. The van der Waals surface area contributed by atoms with E-state index in [0.29, 0.717) is 0 Å². The van der Waals surface area contributed by atoms with Crippen molar-refractivity contribution >= 4 is 49.6 Å². The van der Waals surface area contributed by atoms with Crippen LogP contribution >= 0.6 is 0 Å². The third-order valence-corrected chi connectivity index (χ3v) is 8.69. The molecule has 1 aliphatic carbocycles. The summed E-state index contributed by atoms with van der Waals surface area (Å²) in [6.45, 7) is 0. The van der Waals surface area contributed by atoms with Crippen LogP contribution in [0, 0.1) is 0 Å². The molecule has 0 fully saturated rings. The van der Waals surface area contributed by atoms with Gasteiger partial charge in [0.2, 0.25) is 0 Å². The van der Waals surface area contributed by atoms with Crippen molar-refractivity contribution in [1.82, 2.24) is 4.57 Å². The van der Waals surface area contributed by atoms with Crippen LogP contribution in [0.3, 0.4) is 0 Å². The van der Waals surface area contributed by atoms with Gasteiger partial charge in [0.25, 0.3) is 0 Å². The summed E-state index contributed by atoms with van der Waals surface area (Å²) in [5.74, 6) is 0. The molecular weight excluding hydrogens is 508 g/mol. The van der Waals surface area contributed by atoms with Crippen LogP contribution in [0.15, 0.2) is 158 Å². The minimum absolute atomic E-state index is 1.13. The standard InChI is InChI=1S/C40H26N2/c1-4-14-27(15-5-1)41(28-16-6-2-7-17-28)36-26-37-40-38-32(22-12-24-34(36)38)30-20-10-11-21-31(30)33-23-13-25-35(39(33)40)42(37)29-18-8-3-9-19-29/h1-26H. The van der Waals surface area contributed by atoms with E-state index >= 15 is 0 Å². The van der Waals surface area contributed by atoms with Crippen LogP contribution in [-0.2, 0) is 0 Å². The molecule has 9 rings (SSSR count). The van der Waals surface area contributed by atoms with Crippen LogP contribution in [0.1, 0.15) is 0 Å². The predicted molar refractivity (Wildman–Crippen MR) is 177 cm³/mol. The highest BCUT2D eigenvalue weighted by Gasteiger charge is 2.27. The van der Waals surface area contributed by atoms with Gasteiger partial charge in [0.15, 0.2) is 0 Å². The van der Waals surface area contributed by atoms with Gasteiger partial charge in [-0.05, 0) is 70.8 Å². The van der Waals surface area contributed by atoms with E-state index < -0.39 is 0 Å². The quantitative estimate of drug-likeness (QED) is 0.218. The summed E-state index contributed by atoms with van der Waals surface area (Å²) in [6.07, 6.45) is 0. The van der Waals surface area contributed by atoms with E-state index in [9.17, 15) is 0 Å². The highest BCUT2D eigenvalue weighted by molar-refractivity contribution is 6.32. The lowest BCUT2D eigenvalue weighted by atomic mass is 9.92. The molecular formula is C40H26N2. The first-order valence-electron chi connectivity index (χ1n) is 14.5. The van der Waals surface area contributed by atoms with E-state index in [2.05, 4.69) is 167 Å².